The first-order valence-electron chi connectivity index (χ1n) is 12.8. The van der Waals surface area contributed by atoms with Crippen molar-refractivity contribution in [3.05, 3.63) is 71.4 Å². The number of aromatic nitrogens is 2. The molecule has 4 aromatic rings. The van der Waals surface area contributed by atoms with Gasteiger partial charge < -0.3 is 19.8 Å². The van der Waals surface area contributed by atoms with Gasteiger partial charge in [0.1, 0.15) is 11.3 Å². The molecule has 0 aliphatic carbocycles. The van der Waals surface area contributed by atoms with Gasteiger partial charge in [0.05, 0.1) is 12.2 Å². The van der Waals surface area contributed by atoms with E-state index in [4.69, 9.17) is 14.9 Å². The lowest BCUT2D eigenvalue weighted by atomic mass is 9.98. The third-order valence-electron chi connectivity index (χ3n) is 7.00. The highest BCUT2D eigenvalue weighted by Gasteiger charge is 2.31. The molecule has 1 saturated heterocycles. The number of anilines is 2. The molecule has 3 heterocycles. The Hall–Kier alpha value is -3.59. The van der Waals surface area contributed by atoms with Crippen molar-refractivity contribution in [1.29, 1.82) is 0 Å². The van der Waals surface area contributed by atoms with Crippen LogP contribution in [-0.2, 0) is 17.5 Å². The maximum atomic E-state index is 12.8. The molecule has 9 heteroatoms. The predicted octanol–water partition coefficient (Wildman–Crippen LogP) is 7.05. The van der Waals surface area contributed by atoms with Gasteiger partial charge in [0.15, 0.2) is 5.58 Å². The van der Waals surface area contributed by atoms with Crippen molar-refractivity contribution < 1.29 is 22.3 Å². The summed E-state index contributed by atoms with van der Waals surface area (Å²) in [5.41, 5.74) is 10.5. The summed E-state index contributed by atoms with van der Waals surface area (Å²) in [7, 11) is 0. The lowest BCUT2D eigenvalue weighted by Crippen LogP contribution is -2.35. The fraction of sp³-hybridized carbons (Fsp3) is 0.379. The zero-order valence-corrected chi connectivity index (χ0v) is 21.5. The highest BCUT2D eigenvalue weighted by molar-refractivity contribution is 5.83. The van der Waals surface area contributed by atoms with Gasteiger partial charge >= 0.3 is 6.18 Å². The summed E-state index contributed by atoms with van der Waals surface area (Å²) in [6, 6.07) is 14.3. The molecule has 1 aliphatic rings. The minimum Gasteiger partial charge on any atom is -0.436 e. The third kappa shape index (κ3) is 5.78. The molecule has 2 N–H and O–H groups in total. The van der Waals surface area contributed by atoms with Gasteiger partial charge in [-0.25, -0.2) is 9.97 Å². The van der Waals surface area contributed by atoms with E-state index in [1.54, 1.807) is 0 Å². The second-order valence-electron chi connectivity index (χ2n) is 10.2. The van der Waals surface area contributed by atoms with E-state index < -0.39 is 11.7 Å². The van der Waals surface area contributed by atoms with Crippen LogP contribution >= 0.6 is 0 Å². The van der Waals surface area contributed by atoms with Crippen LogP contribution in [0.4, 0.5) is 24.7 Å². The lowest BCUT2D eigenvalue weighted by Gasteiger charge is -2.32. The molecule has 5 rings (SSSR count). The second-order valence-corrected chi connectivity index (χ2v) is 10.2. The maximum Gasteiger partial charge on any atom is 0.417 e. The fourth-order valence-electron chi connectivity index (χ4n) is 4.79. The molecule has 0 radical (unpaired) electrons. The van der Waals surface area contributed by atoms with Gasteiger partial charge in [-0.1, -0.05) is 26.0 Å². The molecule has 1 fully saturated rings. The number of halogens is 3. The Morgan fingerprint density at radius 2 is 1.82 bits per heavy atom. The zero-order valence-electron chi connectivity index (χ0n) is 21.5. The number of pyridine rings is 1. The molecule has 2 aromatic heterocycles. The van der Waals surface area contributed by atoms with Crippen LogP contribution in [0.25, 0.3) is 22.6 Å². The van der Waals surface area contributed by atoms with Crippen LogP contribution in [0.3, 0.4) is 0 Å². The molecule has 0 spiro atoms. The first-order valence-corrected chi connectivity index (χ1v) is 12.8. The van der Waals surface area contributed by atoms with Crippen molar-refractivity contribution in [1.82, 2.24) is 9.97 Å². The van der Waals surface area contributed by atoms with Crippen LogP contribution in [-0.4, -0.2) is 29.7 Å². The van der Waals surface area contributed by atoms with Gasteiger partial charge in [0.25, 0.3) is 0 Å². The summed E-state index contributed by atoms with van der Waals surface area (Å²) >= 11 is 0. The maximum absolute atomic E-state index is 12.8. The van der Waals surface area contributed by atoms with E-state index >= 15 is 0 Å². The van der Waals surface area contributed by atoms with Crippen LogP contribution in [0.15, 0.2) is 59.1 Å². The molecule has 0 amide bonds. The molecule has 200 valence electrons. The van der Waals surface area contributed by atoms with Gasteiger partial charge in [0.2, 0.25) is 5.89 Å². The van der Waals surface area contributed by atoms with Crippen LogP contribution in [0, 0.1) is 5.92 Å². The van der Waals surface area contributed by atoms with Crippen LogP contribution < -0.4 is 10.6 Å². The van der Waals surface area contributed by atoms with E-state index in [0.717, 1.165) is 66.0 Å². The molecule has 0 saturated carbocycles. The van der Waals surface area contributed by atoms with Gasteiger partial charge in [-0.3, -0.25) is 0 Å². The van der Waals surface area contributed by atoms with Crippen molar-refractivity contribution in [2.24, 2.45) is 5.92 Å². The van der Waals surface area contributed by atoms with E-state index in [1.807, 2.05) is 41.3 Å². The number of nitrogens with two attached hydrogens (primary N) is 1. The van der Waals surface area contributed by atoms with Crippen molar-refractivity contribution >= 4 is 22.6 Å². The van der Waals surface area contributed by atoms with Gasteiger partial charge in [-0.2, -0.15) is 13.2 Å². The minimum atomic E-state index is -4.37. The summed E-state index contributed by atoms with van der Waals surface area (Å²) in [6.07, 6.45) is -1.66. The number of hydrogen-bond acceptors (Lipinski definition) is 6. The smallest absolute Gasteiger partial charge is 0.417 e. The highest BCUT2D eigenvalue weighted by atomic mass is 19.4. The molecule has 6 nitrogen and oxygen atoms in total. The molecule has 0 atom stereocenters. The number of nitrogens with zero attached hydrogens (tertiary/aromatic N) is 3. The number of nitrogen functional groups attached to an aromatic ring is 1. The van der Waals surface area contributed by atoms with Gasteiger partial charge in [0, 0.05) is 42.7 Å². The van der Waals surface area contributed by atoms with Gasteiger partial charge in [-0.15, -0.1) is 0 Å². The standard InChI is InChI=1S/C29H31F3N4O2/c1-18(2)24-13-23(33)14-25-27(24)38-28(35-25)21-5-3-19(4-6-21)16-37-17-20-9-11-36(12-10-20)26-8-7-22(15-34-26)29(30,31)32/h3-8,13-15,18,20H,9-12,16-17,33H2,1-2H3. The lowest BCUT2D eigenvalue weighted by molar-refractivity contribution is -0.137. The van der Waals surface area contributed by atoms with Crippen molar-refractivity contribution in [3.63, 3.8) is 0 Å². The van der Waals surface area contributed by atoms with Crippen molar-refractivity contribution in [2.75, 3.05) is 30.3 Å². The molecule has 38 heavy (non-hydrogen) atoms. The number of oxazole rings is 1. The normalized spacial score (nSPS) is 15.1. The van der Waals surface area contributed by atoms with Crippen molar-refractivity contribution in [2.45, 2.75) is 45.4 Å². The van der Waals surface area contributed by atoms with Crippen LogP contribution in [0.5, 0.6) is 0 Å². The quantitative estimate of drug-likeness (QED) is 0.261. The largest absolute Gasteiger partial charge is 0.436 e. The summed E-state index contributed by atoms with van der Waals surface area (Å²) in [5, 5.41) is 0. The molecular formula is C29H31F3N4O2. The number of hydrogen-bond donors (Lipinski definition) is 1. The Labute approximate surface area is 219 Å². The average Bonchev–Trinajstić information content (AvgIpc) is 3.32. The van der Waals surface area contributed by atoms with E-state index in [2.05, 4.69) is 23.8 Å². The van der Waals surface area contributed by atoms with Crippen LogP contribution in [0.2, 0.25) is 0 Å². The fourth-order valence-corrected chi connectivity index (χ4v) is 4.79. The monoisotopic (exact) mass is 524 g/mol. The molecule has 0 bridgehead atoms. The summed E-state index contributed by atoms with van der Waals surface area (Å²) in [4.78, 5) is 10.7. The number of ether oxygens (including phenoxy) is 1. The first kappa shape index (κ1) is 26.0. The minimum absolute atomic E-state index is 0.273. The average molecular weight is 525 g/mol. The number of fused-ring (bicyclic) bond motifs is 1. The van der Waals surface area contributed by atoms with Crippen LogP contribution in [0.1, 0.15) is 49.3 Å². The molecule has 1 aliphatic heterocycles. The topological polar surface area (TPSA) is 77.4 Å². The summed E-state index contributed by atoms with van der Waals surface area (Å²) in [6.45, 7) is 6.84. The zero-order chi connectivity index (χ0) is 26.9. The first-order chi connectivity index (χ1) is 18.2. The van der Waals surface area contributed by atoms with E-state index in [0.29, 0.717) is 36.5 Å². The van der Waals surface area contributed by atoms with E-state index in [1.165, 1.54) is 6.07 Å². The van der Waals surface area contributed by atoms with E-state index in [9.17, 15) is 13.2 Å². The number of alkyl halides is 3. The summed E-state index contributed by atoms with van der Waals surface area (Å²) < 4.78 is 50.4. The van der Waals surface area contributed by atoms with Crippen molar-refractivity contribution in [3.8, 4) is 11.5 Å². The Morgan fingerprint density at radius 1 is 1.08 bits per heavy atom. The predicted molar refractivity (Wildman–Crippen MR) is 142 cm³/mol. The summed E-state index contributed by atoms with van der Waals surface area (Å²) in [5.74, 6) is 1.83. The van der Waals surface area contributed by atoms with E-state index in [-0.39, 0.29) is 5.92 Å². The molecule has 2 aromatic carbocycles. The number of piperidine rings is 1. The number of benzene rings is 2. The number of rotatable bonds is 7. The SMILES string of the molecule is CC(C)c1cc(N)cc2nc(-c3ccc(COCC4CCN(c5ccc(C(F)(F)F)cn5)CC4)cc3)oc12. The molecule has 0 unspecified atom stereocenters. The Balaban J connectivity index is 1.12. The van der Waals surface area contributed by atoms with Gasteiger partial charge in [-0.05, 0) is 66.6 Å². The Morgan fingerprint density at radius 3 is 2.45 bits per heavy atom. The highest BCUT2D eigenvalue weighted by Crippen LogP contribution is 2.33. The Kier molecular flexibility index (Phi) is 7.29. The molecular weight excluding hydrogens is 493 g/mol. The second kappa shape index (κ2) is 10.6. The third-order valence-corrected chi connectivity index (χ3v) is 7.00. The Bertz CT molecular complexity index is 1370.